The number of hydrogen-bond acceptors (Lipinski definition) is 5. The van der Waals surface area contributed by atoms with Crippen molar-refractivity contribution in [1.29, 1.82) is 5.26 Å². The molecule has 0 radical (unpaired) electrons. The zero-order valence-electron chi connectivity index (χ0n) is 18.8. The number of carbonyl (C=O) groups is 2. The molecule has 0 aliphatic rings. The summed E-state index contributed by atoms with van der Waals surface area (Å²) in [5.41, 5.74) is -0.672. The van der Waals surface area contributed by atoms with Gasteiger partial charge in [0, 0.05) is 13.0 Å². The van der Waals surface area contributed by atoms with Gasteiger partial charge in [0.15, 0.2) is 0 Å². The highest BCUT2D eigenvalue weighted by Gasteiger charge is 2.37. The molecule has 0 aliphatic heterocycles. The highest BCUT2D eigenvalue weighted by atomic mass is 16.6. The molecule has 0 fully saturated rings. The lowest BCUT2D eigenvalue weighted by Gasteiger charge is -2.31. The van der Waals surface area contributed by atoms with Gasteiger partial charge in [-0.3, -0.25) is 9.59 Å². The Morgan fingerprint density at radius 1 is 1.13 bits per heavy atom. The van der Waals surface area contributed by atoms with E-state index < -0.39 is 22.7 Å². The zero-order valence-corrected chi connectivity index (χ0v) is 18.8. The summed E-state index contributed by atoms with van der Waals surface area (Å²) in [5.74, 6) is -1.70. The smallest absolute Gasteiger partial charge is 0.311 e. The van der Waals surface area contributed by atoms with E-state index in [9.17, 15) is 20.0 Å². The quantitative estimate of drug-likeness (QED) is 0.366. The van der Waals surface area contributed by atoms with Crippen molar-refractivity contribution >= 4 is 11.9 Å². The summed E-state index contributed by atoms with van der Waals surface area (Å²) in [4.78, 5) is 24.3. The van der Waals surface area contributed by atoms with E-state index in [2.05, 4.69) is 6.07 Å². The molecule has 0 amide bonds. The van der Waals surface area contributed by atoms with Crippen LogP contribution in [0, 0.1) is 28.1 Å². The van der Waals surface area contributed by atoms with Crippen LogP contribution in [0.15, 0.2) is 30.3 Å². The number of hydrogen-bond donors (Lipinski definition) is 1. The van der Waals surface area contributed by atoms with Gasteiger partial charge in [-0.05, 0) is 57.9 Å². The van der Waals surface area contributed by atoms with Crippen LogP contribution in [0.4, 0.5) is 0 Å². The molecule has 0 bridgehead atoms. The van der Waals surface area contributed by atoms with E-state index in [1.807, 2.05) is 51.1 Å². The van der Waals surface area contributed by atoms with Crippen molar-refractivity contribution in [3.05, 3.63) is 35.9 Å². The van der Waals surface area contributed by atoms with Crippen molar-refractivity contribution in [3.8, 4) is 6.07 Å². The van der Waals surface area contributed by atoms with E-state index in [4.69, 9.17) is 9.47 Å². The summed E-state index contributed by atoms with van der Waals surface area (Å²) in [7, 11) is 1.55. The Bertz CT molecular complexity index is 725. The first kappa shape index (κ1) is 25.6. The minimum absolute atomic E-state index is 0.0734. The van der Waals surface area contributed by atoms with Gasteiger partial charge in [-0.15, -0.1) is 0 Å². The molecule has 1 aromatic rings. The third-order valence-corrected chi connectivity index (χ3v) is 5.85. The molecule has 0 saturated heterocycles. The van der Waals surface area contributed by atoms with Gasteiger partial charge in [0.05, 0.1) is 23.5 Å². The fraction of sp³-hybridized carbons (Fsp3) is 0.625. The number of benzene rings is 1. The van der Waals surface area contributed by atoms with Crippen molar-refractivity contribution in [2.24, 2.45) is 16.7 Å². The lowest BCUT2D eigenvalue weighted by Crippen LogP contribution is -2.32. The second kappa shape index (κ2) is 11.7. The Hall–Kier alpha value is -2.39. The lowest BCUT2D eigenvalue weighted by molar-refractivity contribution is -0.156. The second-order valence-corrected chi connectivity index (χ2v) is 8.81. The molecule has 3 atom stereocenters. The number of rotatable bonds is 13. The average molecular weight is 418 g/mol. The number of aliphatic carboxylic acids is 1. The zero-order chi connectivity index (χ0) is 22.8. The van der Waals surface area contributed by atoms with Crippen molar-refractivity contribution in [1.82, 2.24) is 0 Å². The molecule has 30 heavy (non-hydrogen) atoms. The monoisotopic (exact) mass is 417 g/mol. The number of nitriles is 1. The van der Waals surface area contributed by atoms with Crippen LogP contribution in [0.5, 0.6) is 0 Å². The summed E-state index contributed by atoms with van der Waals surface area (Å²) in [6.07, 6.45) is 1.71. The summed E-state index contributed by atoms with van der Waals surface area (Å²) < 4.78 is 10.3. The maximum atomic E-state index is 12.6. The average Bonchev–Trinajstić information content (AvgIpc) is 2.72. The normalized spacial score (nSPS) is 15.5. The molecule has 0 heterocycles. The maximum absolute atomic E-state index is 12.6. The Kier molecular flexibility index (Phi) is 10.0. The van der Waals surface area contributed by atoms with Gasteiger partial charge >= 0.3 is 11.9 Å². The van der Waals surface area contributed by atoms with Crippen LogP contribution in [-0.2, 0) is 19.1 Å². The van der Waals surface area contributed by atoms with Crippen molar-refractivity contribution in [3.63, 3.8) is 0 Å². The molecule has 6 heteroatoms. The van der Waals surface area contributed by atoms with Gasteiger partial charge in [0.1, 0.15) is 6.61 Å². The number of esters is 1. The van der Waals surface area contributed by atoms with Crippen molar-refractivity contribution in [2.75, 3.05) is 20.3 Å². The number of carbonyl (C=O) groups excluding carboxylic acids is 1. The topological polar surface area (TPSA) is 96.6 Å². The predicted molar refractivity (Wildman–Crippen MR) is 115 cm³/mol. The summed E-state index contributed by atoms with van der Waals surface area (Å²) in [5, 5.41) is 19.4. The molecule has 0 saturated carbocycles. The van der Waals surface area contributed by atoms with Crippen molar-refractivity contribution in [2.45, 2.75) is 59.3 Å². The first-order chi connectivity index (χ1) is 14.1. The Morgan fingerprint density at radius 2 is 1.77 bits per heavy atom. The van der Waals surface area contributed by atoms with Crippen LogP contribution in [0.2, 0.25) is 0 Å². The number of carboxylic acid groups (broad SMARTS) is 1. The SMILES string of the molecule is CCC(C)(CC(C#N)CC(CC(C)(C)C(=O)OCCOC)c1ccccc1)C(=O)O. The number of ether oxygens (including phenoxy) is 2. The molecule has 166 valence electrons. The predicted octanol–water partition coefficient (Wildman–Crippen LogP) is 4.80. The van der Waals surface area contributed by atoms with Crippen LogP contribution in [0.25, 0.3) is 0 Å². The summed E-state index contributed by atoms with van der Waals surface area (Å²) >= 11 is 0. The molecule has 3 unspecified atom stereocenters. The Labute approximate surface area is 180 Å². The van der Waals surface area contributed by atoms with Gasteiger partial charge in [-0.25, -0.2) is 0 Å². The molecule has 0 aliphatic carbocycles. The first-order valence-corrected chi connectivity index (χ1v) is 10.4. The van der Waals surface area contributed by atoms with E-state index in [0.717, 1.165) is 5.56 Å². The van der Waals surface area contributed by atoms with E-state index in [1.54, 1.807) is 14.0 Å². The first-order valence-electron chi connectivity index (χ1n) is 10.4. The molecule has 0 spiro atoms. The van der Waals surface area contributed by atoms with E-state index >= 15 is 0 Å². The largest absolute Gasteiger partial charge is 0.481 e. The van der Waals surface area contributed by atoms with Gasteiger partial charge in [0.25, 0.3) is 0 Å². The van der Waals surface area contributed by atoms with Crippen LogP contribution in [0.1, 0.15) is 64.9 Å². The highest BCUT2D eigenvalue weighted by Crippen LogP contribution is 2.40. The molecule has 1 rings (SSSR count). The molecule has 1 N–H and O–H groups in total. The summed E-state index contributed by atoms with van der Waals surface area (Å²) in [6.45, 7) is 7.73. The van der Waals surface area contributed by atoms with Crippen LogP contribution >= 0.6 is 0 Å². The van der Waals surface area contributed by atoms with Gasteiger partial charge < -0.3 is 14.6 Å². The molecule has 1 aromatic carbocycles. The third kappa shape index (κ3) is 7.46. The molecule has 6 nitrogen and oxygen atoms in total. The highest BCUT2D eigenvalue weighted by molar-refractivity contribution is 5.76. The van der Waals surface area contributed by atoms with Crippen molar-refractivity contribution < 1.29 is 24.2 Å². The fourth-order valence-electron chi connectivity index (χ4n) is 3.63. The van der Waals surface area contributed by atoms with Gasteiger partial charge in [-0.2, -0.15) is 5.26 Å². The van der Waals surface area contributed by atoms with Gasteiger partial charge in [0.2, 0.25) is 0 Å². The number of methoxy groups -OCH3 is 1. The van der Waals surface area contributed by atoms with E-state index in [0.29, 0.717) is 25.9 Å². The van der Waals surface area contributed by atoms with E-state index in [1.165, 1.54) is 0 Å². The minimum atomic E-state index is -0.948. The molecular weight excluding hydrogens is 382 g/mol. The van der Waals surface area contributed by atoms with Crippen LogP contribution in [0.3, 0.4) is 0 Å². The maximum Gasteiger partial charge on any atom is 0.311 e. The molecular formula is C24H35NO5. The Morgan fingerprint density at radius 3 is 2.27 bits per heavy atom. The fourth-order valence-corrected chi connectivity index (χ4v) is 3.63. The standard InChI is InChI=1S/C24H35NO5/c1-6-24(4,21(26)27)15-18(17-25)14-20(19-10-8-7-9-11-19)16-23(2,3)22(28)30-13-12-29-5/h7-11,18,20H,6,12-16H2,1-5H3,(H,26,27). The second-order valence-electron chi connectivity index (χ2n) is 8.81. The summed E-state index contributed by atoms with van der Waals surface area (Å²) in [6, 6.07) is 12.1. The number of nitrogens with zero attached hydrogens (tertiary/aromatic N) is 1. The lowest BCUT2D eigenvalue weighted by atomic mass is 9.72. The molecule has 0 aromatic heterocycles. The minimum Gasteiger partial charge on any atom is -0.481 e. The van der Waals surface area contributed by atoms with Gasteiger partial charge in [-0.1, -0.05) is 37.3 Å². The van der Waals surface area contributed by atoms with E-state index in [-0.39, 0.29) is 24.9 Å². The van der Waals surface area contributed by atoms with Crippen LogP contribution in [-0.4, -0.2) is 37.4 Å². The Balaban J connectivity index is 3.05. The third-order valence-electron chi connectivity index (χ3n) is 5.85. The van der Waals surface area contributed by atoms with Crippen LogP contribution < -0.4 is 0 Å². The number of carboxylic acids is 1.